The molecule has 3 nitrogen and oxygen atoms in total. The van der Waals surface area contributed by atoms with Gasteiger partial charge in [-0.2, -0.15) is 0 Å². The third-order valence-electron chi connectivity index (χ3n) is 4.11. The summed E-state index contributed by atoms with van der Waals surface area (Å²) in [6.07, 6.45) is 3.45. The Balaban J connectivity index is 1.86. The molecule has 1 aliphatic carbocycles. The molecule has 0 radical (unpaired) electrons. The lowest BCUT2D eigenvalue weighted by Crippen LogP contribution is -2.50. The van der Waals surface area contributed by atoms with Crippen LogP contribution in [0.3, 0.4) is 0 Å². The summed E-state index contributed by atoms with van der Waals surface area (Å²) in [6, 6.07) is 8.14. The average Bonchev–Trinajstić information content (AvgIpc) is 3.22. The van der Waals surface area contributed by atoms with E-state index in [1.807, 2.05) is 19.1 Å². The third-order valence-corrected chi connectivity index (χ3v) is 4.11. The van der Waals surface area contributed by atoms with Crippen LogP contribution in [0, 0.1) is 12.8 Å². The fraction of sp³-hybridized carbons (Fsp3) is 0.562. The van der Waals surface area contributed by atoms with Gasteiger partial charge >= 0.3 is 0 Å². The fourth-order valence-corrected chi connectivity index (χ4v) is 2.51. The molecule has 1 aliphatic rings. The molecular weight excluding hydrogens is 238 g/mol. The van der Waals surface area contributed by atoms with Crippen LogP contribution in [0.4, 0.5) is 0 Å². The van der Waals surface area contributed by atoms with Crippen LogP contribution in [0.25, 0.3) is 0 Å². The Kier molecular flexibility index (Phi) is 4.25. The number of nitrogens with one attached hydrogen (secondary N) is 1. The van der Waals surface area contributed by atoms with Gasteiger partial charge in [-0.1, -0.05) is 24.3 Å². The molecule has 1 amide bonds. The van der Waals surface area contributed by atoms with Crippen molar-refractivity contribution >= 4 is 5.91 Å². The lowest BCUT2D eigenvalue weighted by atomic mass is 9.96. The zero-order chi connectivity index (χ0) is 13.9. The van der Waals surface area contributed by atoms with Crippen molar-refractivity contribution in [2.24, 2.45) is 5.92 Å². The Morgan fingerprint density at radius 1 is 1.42 bits per heavy atom. The molecule has 1 aromatic carbocycles. The zero-order valence-corrected chi connectivity index (χ0v) is 11.8. The maximum absolute atomic E-state index is 12.0. The monoisotopic (exact) mass is 261 g/mol. The second-order valence-electron chi connectivity index (χ2n) is 5.82. The normalized spacial score (nSPS) is 17.8. The highest BCUT2D eigenvalue weighted by atomic mass is 16.3. The van der Waals surface area contributed by atoms with Crippen molar-refractivity contribution in [1.82, 2.24) is 5.32 Å². The first-order valence-corrected chi connectivity index (χ1v) is 7.01. The van der Waals surface area contributed by atoms with Crippen LogP contribution in [0.15, 0.2) is 24.3 Å². The van der Waals surface area contributed by atoms with Gasteiger partial charge in [-0.05, 0) is 50.2 Å². The van der Waals surface area contributed by atoms with Gasteiger partial charge < -0.3 is 10.4 Å². The van der Waals surface area contributed by atoms with E-state index in [0.717, 1.165) is 19.3 Å². The van der Waals surface area contributed by atoms with E-state index in [9.17, 15) is 9.90 Å². The molecule has 1 aromatic rings. The Morgan fingerprint density at radius 3 is 2.68 bits per heavy atom. The predicted molar refractivity (Wildman–Crippen MR) is 75.9 cm³/mol. The van der Waals surface area contributed by atoms with E-state index in [1.54, 1.807) is 0 Å². The van der Waals surface area contributed by atoms with Gasteiger partial charge in [0.05, 0.1) is 12.1 Å². The summed E-state index contributed by atoms with van der Waals surface area (Å²) in [5, 5.41) is 12.5. The number of hydrogen-bond acceptors (Lipinski definition) is 2. The second kappa shape index (κ2) is 5.74. The standard InChI is InChI=1S/C16H23NO2/c1-12-5-3-4-6-13(12)7-10-15(19)17-16(2,11-18)14-8-9-14/h3-6,14,18H,7-11H2,1-2H3,(H,17,19). The summed E-state index contributed by atoms with van der Waals surface area (Å²) in [5.41, 5.74) is 2.01. The number of aliphatic hydroxyl groups excluding tert-OH is 1. The lowest BCUT2D eigenvalue weighted by Gasteiger charge is -2.28. The summed E-state index contributed by atoms with van der Waals surface area (Å²) >= 11 is 0. The molecule has 1 saturated carbocycles. The minimum atomic E-state index is -0.428. The maximum atomic E-state index is 12.0. The predicted octanol–water partition coefficient (Wildman–Crippen LogP) is 2.20. The first-order valence-electron chi connectivity index (χ1n) is 7.01. The molecule has 1 unspecified atom stereocenters. The molecule has 2 N–H and O–H groups in total. The van der Waals surface area contributed by atoms with E-state index >= 15 is 0 Å². The number of hydrogen-bond donors (Lipinski definition) is 2. The van der Waals surface area contributed by atoms with Crippen molar-refractivity contribution < 1.29 is 9.90 Å². The molecule has 19 heavy (non-hydrogen) atoms. The number of aliphatic hydroxyl groups is 1. The van der Waals surface area contributed by atoms with Gasteiger partial charge in [-0.25, -0.2) is 0 Å². The van der Waals surface area contributed by atoms with Crippen molar-refractivity contribution in [3.05, 3.63) is 35.4 Å². The summed E-state index contributed by atoms with van der Waals surface area (Å²) < 4.78 is 0. The summed E-state index contributed by atoms with van der Waals surface area (Å²) in [5.74, 6) is 0.478. The fourth-order valence-electron chi connectivity index (χ4n) is 2.51. The minimum absolute atomic E-state index is 0.0216. The maximum Gasteiger partial charge on any atom is 0.220 e. The Bertz CT molecular complexity index is 454. The van der Waals surface area contributed by atoms with Gasteiger partial charge in [0.15, 0.2) is 0 Å². The van der Waals surface area contributed by atoms with Crippen molar-refractivity contribution in [3.63, 3.8) is 0 Å². The van der Waals surface area contributed by atoms with Crippen LogP contribution in [0.2, 0.25) is 0 Å². The minimum Gasteiger partial charge on any atom is -0.394 e. The van der Waals surface area contributed by atoms with Crippen molar-refractivity contribution in [2.75, 3.05) is 6.61 Å². The smallest absolute Gasteiger partial charge is 0.220 e. The third kappa shape index (κ3) is 3.57. The van der Waals surface area contributed by atoms with E-state index < -0.39 is 5.54 Å². The van der Waals surface area contributed by atoms with E-state index in [4.69, 9.17) is 0 Å². The van der Waals surface area contributed by atoms with E-state index in [-0.39, 0.29) is 12.5 Å². The van der Waals surface area contributed by atoms with Crippen LogP contribution in [0.5, 0.6) is 0 Å². The molecule has 2 rings (SSSR count). The van der Waals surface area contributed by atoms with Crippen LogP contribution in [-0.2, 0) is 11.2 Å². The molecule has 0 heterocycles. The molecule has 0 bridgehead atoms. The van der Waals surface area contributed by atoms with Gasteiger partial charge in [0, 0.05) is 6.42 Å². The molecule has 0 aromatic heterocycles. The number of aryl methyl sites for hydroxylation is 2. The van der Waals surface area contributed by atoms with Gasteiger partial charge in [-0.15, -0.1) is 0 Å². The highest BCUT2D eigenvalue weighted by Crippen LogP contribution is 2.39. The van der Waals surface area contributed by atoms with Crippen molar-refractivity contribution in [2.45, 2.75) is 45.1 Å². The molecular formula is C16H23NO2. The molecule has 1 atom stereocenters. The van der Waals surface area contributed by atoms with E-state index in [2.05, 4.69) is 24.4 Å². The number of carbonyl (C=O) groups is 1. The van der Waals surface area contributed by atoms with Crippen LogP contribution >= 0.6 is 0 Å². The molecule has 0 spiro atoms. The van der Waals surface area contributed by atoms with Gasteiger partial charge in [-0.3, -0.25) is 4.79 Å². The molecule has 0 saturated heterocycles. The first kappa shape index (κ1) is 14.1. The van der Waals surface area contributed by atoms with Crippen LogP contribution in [0.1, 0.15) is 37.3 Å². The summed E-state index contributed by atoms with van der Waals surface area (Å²) in [7, 11) is 0. The number of benzene rings is 1. The average molecular weight is 261 g/mol. The largest absolute Gasteiger partial charge is 0.394 e. The summed E-state index contributed by atoms with van der Waals surface area (Å²) in [4.78, 5) is 12.0. The first-order chi connectivity index (χ1) is 9.05. The molecule has 104 valence electrons. The highest BCUT2D eigenvalue weighted by molar-refractivity contribution is 5.77. The zero-order valence-electron chi connectivity index (χ0n) is 11.8. The molecule has 3 heteroatoms. The van der Waals surface area contributed by atoms with Gasteiger partial charge in [0.25, 0.3) is 0 Å². The lowest BCUT2D eigenvalue weighted by molar-refractivity contribution is -0.123. The Morgan fingerprint density at radius 2 is 2.11 bits per heavy atom. The van der Waals surface area contributed by atoms with E-state index in [1.165, 1.54) is 11.1 Å². The number of rotatable bonds is 6. The topological polar surface area (TPSA) is 49.3 Å². The van der Waals surface area contributed by atoms with Crippen LogP contribution < -0.4 is 5.32 Å². The molecule has 1 fully saturated rings. The van der Waals surface area contributed by atoms with E-state index in [0.29, 0.717) is 12.3 Å². The van der Waals surface area contributed by atoms with Crippen molar-refractivity contribution in [3.8, 4) is 0 Å². The number of carbonyl (C=O) groups excluding carboxylic acids is 1. The van der Waals surface area contributed by atoms with Crippen molar-refractivity contribution in [1.29, 1.82) is 0 Å². The van der Waals surface area contributed by atoms with Crippen LogP contribution in [-0.4, -0.2) is 23.2 Å². The second-order valence-corrected chi connectivity index (χ2v) is 5.82. The SMILES string of the molecule is Cc1ccccc1CCC(=O)NC(C)(CO)C1CC1. The van der Waals surface area contributed by atoms with Gasteiger partial charge in [0.1, 0.15) is 0 Å². The highest BCUT2D eigenvalue weighted by Gasteiger charge is 2.41. The molecule has 0 aliphatic heterocycles. The summed E-state index contributed by atoms with van der Waals surface area (Å²) in [6.45, 7) is 4.03. The Hall–Kier alpha value is -1.35. The Labute approximate surface area is 115 Å². The van der Waals surface area contributed by atoms with Gasteiger partial charge in [0.2, 0.25) is 5.91 Å². The number of amides is 1. The quantitative estimate of drug-likeness (QED) is 0.825.